The molecule has 6 heteroatoms. The van der Waals surface area contributed by atoms with Gasteiger partial charge in [-0.1, -0.05) is 0 Å². The van der Waals surface area contributed by atoms with Gasteiger partial charge in [0, 0.05) is 12.1 Å². The summed E-state index contributed by atoms with van der Waals surface area (Å²) in [6.45, 7) is 0. The van der Waals surface area contributed by atoms with Crippen molar-refractivity contribution in [1.29, 1.82) is 0 Å². The number of hydrogen-bond acceptors (Lipinski definition) is 5. The fraction of sp³-hybridized carbons (Fsp3) is 0.333. The summed E-state index contributed by atoms with van der Waals surface area (Å²) in [5.41, 5.74) is 6.51. The topological polar surface area (TPSA) is 97.5 Å². The van der Waals surface area contributed by atoms with Gasteiger partial charge in [-0.25, -0.2) is 0 Å². The van der Waals surface area contributed by atoms with Gasteiger partial charge < -0.3 is 5.73 Å². The molecule has 0 bridgehead atoms. The van der Waals surface area contributed by atoms with Crippen LogP contribution in [-0.4, -0.2) is 34.3 Å². The third-order valence-corrected chi connectivity index (χ3v) is 3.93. The van der Waals surface area contributed by atoms with Gasteiger partial charge in [0.15, 0.2) is 5.78 Å². The Morgan fingerprint density at radius 2 is 1.76 bits per heavy atom. The van der Waals surface area contributed by atoms with E-state index in [2.05, 4.69) is 0 Å². The number of carbonyl (C=O) groups is 4. The van der Waals surface area contributed by atoms with E-state index < -0.39 is 17.9 Å². The molecule has 1 atom stereocenters. The number of nitrogen functional groups attached to an aromatic ring is 1. The summed E-state index contributed by atoms with van der Waals surface area (Å²) in [5.74, 6) is -1.49. The van der Waals surface area contributed by atoms with Crippen molar-refractivity contribution in [2.45, 2.75) is 31.7 Å². The van der Waals surface area contributed by atoms with Crippen molar-refractivity contribution in [1.82, 2.24) is 4.90 Å². The van der Waals surface area contributed by atoms with Crippen molar-refractivity contribution in [3.8, 4) is 0 Å². The van der Waals surface area contributed by atoms with Crippen LogP contribution >= 0.6 is 0 Å². The first-order valence-electron chi connectivity index (χ1n) is 6.81. The summed E-state index contributed by atoms with van der Waals surface area (Å²) in [6.07, 6.45) is 0.953. The molecule has 0 unspecified atom stereocenters. The number of amides is 2. The number of nitrogens with zero attached hydrogens (tertiary/aromatic N) is 1. The number of nitrogens with two attached hydrogens (primary N) is 1. The first kappa shape index (κ1) is 13.5. The Morgan fingerprint density at radius 3 is 2.52 bits per heavy atom. The molecule has 2 aliphatic rings. The molecule has 1 aliphatic carbocycles. The van der Waals surface area contributed by atoms with Gasteiger partial charge in [-0.3, -0.25) is 24.1 Å². The molecular formula is C15H14N2O4. The highest BCUT2D eigenvalue weighted by atomic mass is 16.2. The number of fused-ring (bicyclic) bond motifs is 1. The monoisotopic (exact) mass is 286 g/mol. The number of Topliss-reactive ketones (excluding diaryl/α,β-unsaturated/α-hetero) is 2. The lowest BCUT2D eigenvalue weighted by atomic mass is 10.1. The molecule has 2 amide bonds. The molecule has 0 saturated heterocycles. The number of anilines is 1. The lowest BCUT2D eigenvalue weighted by molar-refractivity contribution is -0.128. The number of ketones is 2. The highest BCUT2D eigenvalue weighted by molar-refractivity contribution is 6.23. The van der Waals surface area contributed by atoms with E-state index in [-0.39, 0.29) is 29.1 Å². The molecule has 1 aromatic rings. The molecule has 1 fully saturated rings. The van der Waals surface area contributed by atoms with Gasteiger partial charge in [-0.15, -0.1) is 0 Å². The maximum Gasteiger partial charge on any atom is 0.262 e. The van der Waals surface area contributed by atoms with Gasteiger partial charge in [-0.2, -0.15) is 0 Å². The van der Waals surface area contributed by atoms with Gasteiger partial charge in [0.25, 0.3) is 11.8 Å². The fourth-order valence-corrected chi connectivity index (χ4v) is 2.89. The number of rotatable bonds is 1. The predicted octanol–water partition coefficient (Wildman–Crippen LogP) is 0.946. The fourth-order valence-electron chi connectivity index (χ4n) is 2.89. The minimum absolute atomic E-state index is 0.136. The van der Waals surface area contributed by atoms with Crippen molar-refractivity contribution >= 4 is 29.1 Å². The molecule has 1 aliphatic heterocycles. The highest BCUT2D eigenvalue weighted by Crippen LogP contribution is 2.29. The smallest absolute Gasteiger partial charge is 0.262 e. The van der Waals surface area contributed by atoms with E-state index in [1.54, 1.807) is 6.07 Å². The van der Waals surface area contributed by atoms with E-state index in [1.807, 2.05) is 0 Å². The van der Waals surface area contributed by atoms with Crippen LogP contribution in [0.1, 0.15) is 46.4 Å². The number of hydrogen-bond donors (Lipinski definition) is 1. The summed E-state index contributed by atoms with van der Waals surface area (Å²) < 4.78 is 0. The quantitative estimate of drug-likeness (QED) is 0.359. The Balaban J connectivity index is 1.97. The molecule has 0 aromatic heterocycles. The van der Waals surface area contributed by atoms with Crippen LogP contribution < -0.4 is 5.73 Å². The van der Waals surface area contributed by atoms with E-state index in [0.717, 1.165) is 4.90 Å². The van der Waals surface area contributed by atoms with Crippen LogP contribution in [0, 0.1) is 0 Å². The van der Waals surface area contributed by atoms with Gasteiger partial charge in [0.2, 0.25) is 0 Å². The van der Waals surface area contributed by atoms with Gasteiger partial charge in [-0.05, 0) is 31.0 Å². The Kier molecular flexibility index (Phi) is 3.08. The second-order valence-electron chi connectivity index (χ2n) is 5.38. The Morgan fingerprint density at radius 1 is 1.05 bits per heavy atom. The van der Waals surface area contributed by atoms with Crippen molar-refractivity contribution in [3.63, 3.8) is 0 Å². The van der Waals surface area contributed by atoms with Crippen molar-refractivity contribution in [3.05, 3.63) is 29.3 Å². The van der Waals surface area contributed by atoms with Crippen LogP contribution in [0.4, 0.5) is 5.69 Å². The number of benzene rings is 1. The molecule has 0 spiro atoms. The number of imide groups is 1. The van der Waals surface area contributed by atoms with E-state index in [0.29, 0.717) is 24.9 Å². The second-order valence-corrected chi connectivity index (χ2v) is 5.38. The third kappa shape index (κ3) is 2.12. The standard InChI is InChI=1S/C15H14N2O4/c16-8-4-5-10-11(6-8)15(21)17(14(10)20)12-3-1-2-9(18)7-13(12)19/h4-6,12H,1-3,7,16H2/t12-/m0/s1. The summed E-state index contributed by atoms with van der Waals surface area (Å²) >= 11 is 0. The summed E-state index contributed by atoms with van der Waals surface area (Å²) in [7, 11) is 0. The molecule has 0 radical (unpaired) electrons. The van der Waals surface area contributed by atoms with Crippen LogP contribution in [0.5, 0.6) is 0 Å². The summed E-state index contributed by atoms with van der Waals surface area (Å²) in [6, 6.07) is 3.65. The zero-order valence-electron chi connectivity index (χ0n) is 11.3. The normalized spacial score (nSPS) is 22.5. The lowest BCUT2D eigenvalue weighted by Gasteiger charge is -2.23. The Labute approximate surface area is 120 Å². The highest BCUT2D eigenvalue weighted by Gasteiger charge is 2.43. The SMILES string of the molecule is Nc1ccc2c(c1)C(=O)N([C@H]1CCCC(=O)CC1=O)C2=O. The van der Waals surface area contributed by atoms with E-state index >= 15 is 0 Å². The predicted molar refractivity (Wildman–Crippen MR) is 73.6 cm³/mol. The lowest BCUT2D eigenvalue weighted by Crippen LogP contribution is -2.44. The van der Waals surface area contributed by atoms with Crippen LogP contribution in [0.15, 0.2) is 18.2 Å². The third-order valence-electron chi connectivity index (χ3n) is 3.93. The molecule has 1 heterocycles. The van der Waals surface area contributed by atoms with Crippen molar-refractivity contribution in [2.24, 2.45) is 0 Å². The molecule has 3 rings (SSSR count). The first-order valence-corrected chi connectivity index (χ1v) is 6.81. The molecule has 2 N–H and O–H groups in total. The molecule has 21 heavy (non-hydrogen) atoms. The van der Waals surface area contributed by atoms with Crippen molar-refractivity contribution in [2.75, 3.05) is 5.73 Å². The van der Waals surface area contributed by atoms with Crippen LogP contribution in [0.25, 0.3) is 0 Å². The summed E-state index contributed by atoms with van der Waals surface area (Å²) in [5, 5.41) is 0. The largest absolute Gasteiger partial charge is 0.399 e. The Bertz CT molecular complexity index is 680. The van der Waals surface area contributed by atoms with Crippen molar-refractivity contribution < 1.29 is 19.2 Å². The summed E-state index contributed by atoms with van der Waals surface area (Å²) in [4.78, 5) is 49.4. The molecule has 108 valence electrons. The van der Waals surface area contributed by atoms with Crippen LogP contribution in [0.2, 0.25) is 0 Å². The molecule has 1 saturated carbocycles. The average molecular weight is 286 g/mol. The number of carbonyl (C=O) groups excluding carboxylic acids is 4. The van der Waals surface area contributed by atoms with Gasteiger partial charge >= 0.3 is 0 Å². The average Bonchev–Trinajstić information content (AvgIpc) is 2.57. The minimum Gasteiger partial charge on any atom is -0.399 e. The molecular weight excluding hydrogens is 272 g/mol. The second kappa shape index (κ2) is 4.80. The van der Waals surface area contributed by atoms with Crippen LogP contribution in [-0.2, 0) is 9.59 Å². The van der Waals surface area contributed by atoms with E-state index in [1.165, 1.54) is 12.1 Å². The minimum atomic E-state index is -0.843. The zero-order chi connectivity index (χ0) is 15.1. The maximum absolute atomic E-state index is 12.4. The maximum atomic E-state index is 12.4. The van der Waals surface area contributed by atoms with E-state index in [4.69, 9.17) is 5.73 Å². The molecule has 1 aromatic carbocycles. The van der Waals surface area contributed by atoms with E-state index in [9.17, 15) is 19.2 Å². The molecule has 6 nitrogen and oxygen atoms in total. The Hall–Kier alpha value is -2.50. The van der Waals surface area contributed by atoms with Gasteiger partial charge in [0.1, 0.15) is 5.78 Å². The van der Waals surface area contributed by atoms with Crippen LogP contribution in [0.3, 0.4) is 0 Å². The van der Waals surface area contributed by atoms with Gasteiger partial charge in [0.05, 0.1) is 23.6 Å². The zero-order valence-corrected chi connectivity index (χ0v) is 11.3. The first-order chi connectivity index (χ1) is 9.99.